The molecule has 0 atom stereocenters. The van der Waals surface area contributed by atoms with Crippen LogP contribution in [0.1, 0.15) is 91.4 Å². The van der Waals surface area contributed by atoms with Crippen LogP contribution in [0.2, 0.25) is 0 Å². The number of unbranched alkanes of at least 4 members (excludes halogenated alkanes) is 3. The normalized spacial score (nSPS) is 12.7. The Hall–Kier alpha value is -0.710. The van der Waals surface area contributed by atoms with Gasteiger partial charge in [-0.2, -0.15) is 0 Å². The second kappa shape index (κ2) is 16.0. The van der Waals surface area contributed by atoms with Gasteiger partial charge in [0.15, 0.2) is 0 Å². The van der Waals surface area contributed by atoms with Crippen LogP contribution < -0.4 is 5.32 Å². The Morgan fingerprint density at radius 1 is 0.793 bits per heavy atom. The summed E-state index contributed by atoms with van der Waals surface area (Å²) in [6, 6.07) is 0. The van der Waals surface area contributed by atoms with E-state index in [9.17, 15) is 19.8 Å². The van der Waals surface area contributed by atoms with E-state index in [1.165, 1.54) is 63.2 Å². The molecule has 0 saturated heterocycles. The monoisotopic (exact) mass is 435 g/mol. The number of carboxylic acid groups (broad SMARTS) is 1. The van der Waals surface area contributed by atoms with Gasteiger partial charge in [-0.15, -0.1) is 0 Å². The summed E-state index contributed by atoms with van der Waals surface area (Å²) in [5.74, 6) is -3.38. The maximum atomic E-state index is 12.0. The molecule has 1 amide bonds. The van der Waals surface area contributed by atoms with Gasteiger partial charge in [0.05, 0.1) is 0 Å². The molecule has 0 aliphatic heterocycles. The number of rotatable bonds is 19. The van der Waals surface area contributed by atoms with E-state index in [0.29, 0.717) is 6.54 Å². The molecule has 0 spiro atoms. The van der Waals surface area contributed by atoms with Gasteiger partial charge in [-0.05, 0) is 0 Å². The van der Waals surface area contributed by atoms with E-state index in [-0.39, 0.29) is 31.6 Å². The van der Waals surface area contributed by atoms with Crippen LogP contribution >= 0.6 is 7.26 Å². The van der Waals surface area contributed by atoms with Crippen molar-refractivity contribution in [1.82, 2.24) is 5.32 Å². The number of nitrogens with one attached hydrogen (secondary N) is 1. The molecule has 0 aliphatic rings. The van der Waals surface area contributed by atoms with Gasteiger partial charge in [-0.1, -0.05) is 0 Å². The Morgan fingerprint density at radius 2 is 1.24 bits per heavy atom. The molecule has 7 heteroatoms. The van der Waals surface area contributed by atoms with E-state index in [4.69, 9.17) is 5.11 Å². The predicted octanol–water partition coefficient (Wildman–Crippen LogP) is 3.97. The first-order valence-corrected chi connectivity index (χ1v) is 14.5. The first-order valence-electron chi connectivity index (χ1n) is 11.6. The summed E-state index contributed by atoms with van der Waals surface area (Å²) < 4.78 is 0. The van der Waals surface area contributed by atoms with E-state index < -0.39 is 19.0 Å². The minimum atomic E-state index is -2.10. The second-order valence-corrected chi connectivity index (χ2v) is 13.6. The van der Waals surface area contributed by atoms with Crippen LogP contribution in [0.5, 0.6) is 0 Å². The van der Waals surface area contributed by atoms with Crippen molar-refractivity contribution in [2.75, 3.05) is 31.2 Å². The number of amides is 1. The van der Waals surface area contributed by atoms with Crippen LogP contribution in [0.25, 0.3) is 0 Å². The van der Waals surface area contributed by atoms with E-state index in [2.05, 4.69) is 26.1 Å². The third-order valence-corrected chi connectivity index (χ3v) is 11.5. The number of aliphatic carboxylic acids is 1. The van der Waals surface area contributed by atoms with Crippen LogP contribution in [0.3, 0.4) is 0 Å². The number of carbonyl (C=O) groups is 2. The summed E-state index contributed by atoms with van der Waals surface area (Å²) in [6.07, 6.45) is 13.4. The number of carbonyl (C=O) groups excluding carboxylic acids is 1. The van der Waals surface area contributed by atoms with Crippen LogP contribution in [0.4, 0.5) is 0 Å². The Labute approximate surface area is 178 Å². The molecule has 4 N–H and O–H groups in total. The summed E-state index contributed by atoms with van der Waals surface area (Å²) in [7, 11) is -1.29. The molecule has 29 heavy (non-hydrogen) atoms. The zero-order valence-corrected chi connectivity index (χ0v) is 20.0. The molecule has 0 rings (SSSR count). The van der Waals surface area contributed by atoms with Gasteiger partial charge < -0.3 is 0 Å². The summed E-state index contributed by atoms with van der Waals surface area (Å²) in [4.78, 5) is 22.6. The van der Waals surface area contributed by atoms with E-state index >= 15 is 0 Å². The molecule has 0 saturated carbocycles. The van der Waals surface area contributed by atoms with Gasteiger partial charge in [0, 0.05) is 0 Å². The third-order valence-electron chi connectivity index (χ3n) is 5.88. The minimum absolute atomic E-state index is 0.00328. The Balaban J connectivity index is 4.42. The fourth-order valence-electron chi connectivity index (χ4n) is 3.93. The number of aliphatic hydroxyl groups is 2. The zero-order valence-electron chi connectivity index (χ0n) is 19.0. The average Bonchev–Trinajstić information content (AvgIpc) is 2.69. The van der Waals surface area contributed by atoms with Gasteiger partial charge >= 0.3 is 178 Å². The Bertz CT molecular complexity index is 435. The molecule has 0 aromatic heterocycles. The van der Waals surface area contributed by atoms with Crippen molar-refractivity contribution in [3.63, 3.8) is 0 Å². The Morgan fingerprint density at radius 3 is 1.69 bits per heavy atom. The van der Waals surface area contributed by atoms with E-state index in [1.54, 1.807) is 0 Å². The Kier molecular flexibility index (Phi) is 15.6. The molecule has 0 radical (unpaired) electrons. The summed E-state index contributed by atoms with van der Waals surface area (Å²) in [6.45, 7) is 7.42. The van der Waals surface area contributed by atoms with Crippen LogP contribution in [-0.2, 0) is 9.59 Å². The van der Waals surface area contributed by atoms with Crippen molar-refractivity contribution >= 4 is 19.1 Å². The second-order valence-electron chi connectivity index (χ2n) is 8.64. The maximum absolute atomic E-state index is 12.0. The van der Waals surface area contributed by atoms with Gasteiger partial charge in [0.2, 0.25) is 0 Å². The van der Waals surface area contributed by atoms with Crippen LogP contribution in [0, 0.1) is 0 Å². The standard InChI is InChI=1S/C22H46NO5P/c1-4-7-16-29(17-8-5-2,18-9-6-3)19-10-15-23-20(24)11-13-22(27,28)14-12-21(25)26/h27-29H,4-19H2,1-3H3,(H,23,24)(H,25,26). The molecule has 0 unspecified atom stereocenters. The van der Waals surface area contributed by atoms with Crippen molar-refractivity contribution in [3.05, 3.63) is 0 Å². The van der Waals surface area contributed by atoms with Gasteiger partial charge in [0.25, 0.3) is 0 Å². The predicted molar refractivity (Wildman–Crippen MR) is 123 cm³/mol. The van der Waals surface area contributed by atoms with Crippen molar-refractivity contribution in [1.29, 1.82) is 0 Å². The van der Waals surface area contributed by atoms with Crippen LogP contribution in [-0.4, -0.2) is 64.2 Å². The SMILES string of the molecule is CCCC[PH](CCCC)(CCCC)CCCNC(=O)CCC(O)(O)CCC(=O)O. The van der Waals surface area contributed by atoms with Crippen molar-refractivity contribution in [2.45, 2.75) is 97.2 Å². The molecular formula is C22H46NO5P. The van der Waals surface area contributed by atoms with Crippen molar-refractivity contribution < 1.29 is 24.9 Å². The molecule has 174 valence electrons. The average molecular weight is 436 g/mol. The zero-order chi connectivity index (χ0) is 22.2. The van der Waals surface area contributed by atoms with Gasteiger partial charge in [0.1, 0.15) is 0 Å². The quantitative estimate of drug-likeness (QED) is 0.140. The molecule has 0 bridgehead atoms. The topological polar surface area (TPSA) is 107 Å². The summed E-state index contributed by atoms with van der Waals surface area (Å²) in [5, 5.41) is 31.0. The van der Waals surface area contributed by atoms with Gasteiger partial charge in [-0.3, -0.25) is 0 Å². The molecule has 0 aromatic carbocycles. The fraction of sp³-hybridized carbons (Fsp3) is 0.909. The number of carboxylic acids is 1. The fourth-order valence-corrected chi connectivity index (χ4v) is 9.67. The first kappa shape index (κ1) is 28.3. The summed E-state index contributed by atoms with van der Waals surface area (Å²) in [5.41, 5.74) is 0. The third kappa shape index (κ3) is 14.8. The van der Waals surface area contributed by atoms with Gasteiger partial charge in [-0.25, -0.2) is 0 Å². The molecule has 0 aromatic rings. The van der Waals surface area contributed by atoms with E-state index in [0.717, 1.165) is 6.42 Å². The van der Waals surface area contributed by atoms with E-state index in [1.807, 2.05) is 0 Å². The molecule has 0 heterocycles. The van der Waals surface area contributed by atoms with Crippen molar-refractivity contribution in [3.8, 4) is 0 Å². The molecule has 6 nitrogen and oxygen atoms in total. The van der Waals surface area contributed by atoms with Crippen molar-refractivity contribution in [2.24, 2.45) is 0 Å². The molecule has 0 fully saturated rings. The van der Waals surface area contributed by atoms with Crippen LogP contribution in [0.15, 0.2) is 0 Å². The number of hydrogen-bond acceptors (Lipinski definition) is 4. The molecule has 0 aliphatic carbocycles. The molecular weight excluding hydrogens is 389 g/mol. The number of hydrogen-bond donors (Lipinski definition) is 4. The summed E-state index contributed by atoms with van der Waals surface area (Å²) >= 11 is 0. The first-order chi connectivity index (χ1) is 13.7.